The minimum Gasteiger partial charge on any atom is -0.497 e. The lowest BCUT2D eigenvalue weighted by Crippen LogP contribution is -2.44. The standard InChI is InChI=1S/C17H27NO3/c1-4-6-7-11-17(13-18,16(19)21-5-2)14-9-8-10-15(12-14)20-3/h8-10,12H,4-7,11,13,18H2,1-3H3/t17-/m1/s1. The zero-order valence-electron chi connectivity index (χ0n) is 13.4. The third-order valence-electron chi connectivity index (χ3n) is 3.84. The van der Waals surface area contributed by atoms with Gasteiger partial charge >= 0.3 is 5.97 Å². The molecule has 4 nitrogen and oxygen atoms in total. The minimum atomic E-state index is -0.778. The van der Waals surface area contributed by atoms with Gasteiger partial charge in [-0.15, -0.1) is 0 Å². The molecule has 0 bridgehead atoms. The van der Waals surface area contributed by atoms with E-state index < -0.39 is 5.41 Å². The second-order valence-corrected chi connectivity index (χ2v) is 5.20. The van der Waals surface area contributed by atoms with E-state index in [-0.39, 0.29) is 12.5 Å². The van der Waals surface area contributed by atoms with E-state index in [0.717, 1.165) is 30.6 Å². The maximum Gasteiger partial charge on any atom is 0.317 e. The highest BCUT2D eigenvalue weighted by molar-refractivity contribution is 5.83. The first-order valence-corrected chi connectivity index (χ1v) is 7.66. The molecule has 2 N–H and O–H groups in total. The van der Waals surface area contributed by atoms with Gasteiger partial charge in [-0.05, 0) is 31.0 Å². The van der Waals surface area contributed by atoms with Crippen LogP contribution in [0, 0.1) is 0 Å². The van der Waals surface area contributed by atoms with Crippen molar-refractivity contribution < 1.29 is 14.3 Å². The van der Waals surface area contributed by atoms with Crippen LogP contribution in [0.15, 0.2) is 24.3 Å². The first-order valence-electron chi connectivity index (χ1n) is 7.66. The van der Waals surface area contributed by atoms with Crippen LogP contribution in [0.4, 0.5) is 0 Å². The van der Waals surface area contributed by atoms with Gasteiger partial charge in [0.25, 0.3) is 0 Å². The maximum atomic E-state index is 12.5. The lowest BCUT2D eigenvalue weighted by Gasteiger charge is -2.31. The molecular formula is C17H27NO3. The number of hydrogen-bond acceptors (Lipinski definition) is 4. The molecule has 118 valence electrons. The molecule has 0 aliphatic rings. The third kappa shape index (κ3) is 4.21. The Bertz CT molecular complexity index is 447. The number of hydrogen-bond donors (Lipinski definition) is 1. The molecule has 0 heterocycles. The van der Waals surface area contributed by atoms with E-state index in [2.05, 4.69) is 6.92 Å². The highest BCUT2D eigenvalue weighted by Gasteiger charge is 2.40. The second kappa shape index (κ2) is 8.67. The van der Waals surface area contributed by atoms with E-state index in [1.54, 1.807) is 7.11 Å². The Morgan fingerprint density at radius 3 is 2.62 bits per heavy atom. The highest BCUT2D eigenvalue weighted by atomic mass is 16.5. The van der Waals surface area contributed by atoms with E-state index in [0.29, 0.717) is 13.0 Å². The first kappa shape index (κ1) is 17.5. The van der Waals surface area contributed by atoms with Crippen molar-refractivity contribution in [2.45, 2.75) is 44.9 Å². The molecule has 4 heteroatoms. The predicted octanol–water partition coefficient (Wildman–Crippen LogP) is 3.04. The average molecular weight is 293 g/mol. The molecular weight excluding hydrogens is 266 g/mol. The number of rotatable bonds is 9. The van der Waals surface area contributed by atoms with Crippen molar-refractivity contribution in [3.8, 4) is 5.75 Å². The molecule has 1 aromatic carbocycles. The Hall–Kier alpha value is -1.55. The molecule has 0 aliphatic heterocycles. The Morgan fingerprint density at radius 1 is 1.29 bits per heavy atom. The van der Waals surface area contributed by atoms with Crippen LogP contribution in [0.3, 0.4) is 0 Å². The summed E-state index contributed by atoms with van der Waals surface area (Å²) in [6.45, 7) is 4.55. The van der Waals surface area contributed by atoms with Crippen LogP contribution in [0.5, 0.6) is 5.75 Å². The van der Waals surface area contributed by atoms with E-state index in [1.807, 2.05) is 31.2 Å². The third-order valence-corrected chi connectivity index (χ3v) is 3.84. The second-order valence-electron chi connectivity index (χ2n) is 5.20. The van der Waals surface area contributed by atoms with Crippen molar-refractivity contribution in [3.63, 3.8) is 0 Å². The fourth-order valence-electron chi connectivity index (χ4n) is 2.53. The summed E-state index contributed by atoms with van der Waals surface area (Å²) in [5.41, 5.74) is 6.10. The normalized spacial score (nSPS) is 13.5. The number of nitrogens with two attached hydrogens (primary N) is 1. The number of methoxy groups -OCH3 is 1. The van der Waals surface area contributed by atoms with Crippen molar-refractivity contribution in [2.24, 2.45) is 5.73 Å². The zero-order valence-corrected chi connectivity index (χ0v) is 13.4. The predicted molar refractivity (Wildman–Crippen MR) is 84.5 cm³/mol. The maximum absolute atomic E-state index is 12.5. The average Bonchev–Trinajstić information content (AvgIpc) is 2.52. The topological polar surface area (TPSA) is 61.6 Å². The van der Waals surface area contributed by atoms with E-state index in [1.165, 1.54) is 0 Å². The van der Waals surface area contributed by atoms with Gasteiger partial charge in [0.05, 0.1) is 13.7 Å². The summed E-state index contributed by atoms with van der Waals surface area (Å²) in [6.07, 6.45) is 3.82. The van der Waals surface area contributed by atoms with Gasteiger partial charge in [-0.25, -0.2) is 0 Å². The highest BCUT2D eigenvalue weighted by Crippen LogP contribution is 2.33. The van der Waals surface area contributed by atoms with Crippen LogP contribution in [-0.2, 0) is 14.9 Å². The van der Waals surface area contributed by atoms with Crippen LogP contribution in [0.1, 0.15) is 45.1 Å². The van der Waals surface area contributed by atoms with Gasteiger partial charge in [0.1, 0.15) is 11.2 Å². The Balaban J connectivity index is 3.16. The van der Waals surface area contributed by atoms with Crippen molar-refractivity contribution in [1.82, 2.24) is 0 Å². The molecule has 0 spiro atoms. The van der Waals surface area contributed by atoms with Gasteiger partial charge < -0.3 is 15.2 Å². The molecule has 0 fully saturated rings. The number of ether oxygens (including phenoxy) is 2. The van der Waals surface area contributed by atoms with E-state index >= 15 is 0 Å². The van der Waals surface area contributed by atoms with Gasteiger partial charge in [-0.3, -0.25) is 4.79 Å². The van der Waals surface area contributed by atoms with Crippen LogP contribution in [0.25, 0.3) is 0 Å². The molecule has 0 aromatic heterocycles. The summed E-state index contributed by atoms with van der Waals surface area (Å²) < 4.78 is 10.6. The van der Waals surface area contributed by atoms with Gasteiger partial charge in [-0.1, -0.05) is 38.3 Å². The van der Waals surface area contributed by atoms with E-state index in [9.17, 15) is 4.79 Å². The van der Waals surface area contributed by atoms with E-state index in [4.69, 9.17) is 15.2 Å². The fraction of sp³-hybridized carbons (Fsp3) is 0.588. The lowest BCUT2D eigenvalue weighted by molar-refractivity contribution is -0.150. The summed E-state index contributed by atoms with van der Waals surface area (Å²) in [5.74, 6) is 0.488. The molecule has 1 rings (SSSR count). The molecule has 1 aromatic rings. The number of esters is 1. The van der Waals surface area contributed by atoms with Crippen LogP contribution >= 0.6 is 0 Å². The number of benzene rings is 1. The van der Waals surface area contributed by atoms with Crippen LogP contribution in [-0.4, -0.2) is 26.2 Å². The lowest BCUT2D eigenvalue weighted by atomic mass is 9.76. The molecule has 1 atom stereocenters. The van der Waals surface area contributed by atoms with Crippen LogP contribution in [0.2, 0.25) is 0 Å². The van der Waals surface area contributed by atoms with Gasteiger partial charge in [0.15, 0.2) is 0 Å². The molecule has 0 saturated carbocycles. The summed E-state index contributed by atoms with van der Waals surface area (Å²) in [7, 11) is 1.62. The number of unbranched alkanes of at least 4 members (excludes halogenated alkanes) is 2. The SMILES string of the molecule is CCCCC[C@](CN)(C(=O)OCC)c1cccc(OC)c1. The molecule has 0 aliphatic carbocycles. The zero-order chi connectivity index (χ0) is 15.7. The Kier molecular flexibility index (Phi) is 7.23. The number of carbonyl (C=O) groups excluding carboxylic acids is 1. The largest absolute Gasteiger partial charge is 0.497 e. The van der Waals surface area contributed by atoms with Gasteiger partial charge in [0.2, 0.25) is 0 Å². The monoisotopic (exact) mass is 293 g/mol. The first-order chi connectivity index (χ1) is 10.1. The van der Waals surface area contributed by atoms with Crippen molar-refractivity contribution in [3.05, 3.63) is 29.8 Å². The smallest absolute Gasteiger partial charge is 0.317 e. The van der Waals surface area contributed by atoms with Gasteiger partial charge in [0, 0.05) is 6.54 Å². The summed E-state index contributed by atoms with van der Waals surface area (Å²) >= 11 is 0. The molecule has 0 amide bonds. The Labute approximate surface area is 127 Å². The summed E-state index contributed by atoms with van der Waals surface area (Å²) in [6, 6.07) is 7.56. The molecule has 21 heavy (non-hydrogen) atoms. The molecule has 0 unspecified atom stereocenters. The molecule has 0 radical (unpaired) electrons. The van der Waals surface area contributed by atoms with Crippen molar-refractivity contribution in [1.29, 1.82) is 0 Å². The summed E-state index contributed by atoms with van der Waals surface area (Å²) in [4.78, 5) is 12.5. The van der Waals surface area contributed by atoms with Crippen molar-refractivity contribution in [2.75, 3.05) is 20.3 Å². The minimum absolute atomic E-state index is 0.239. The molecule has 0 saturated heterocycles. The van der Waals surface area contributed by atoms with Crippen molar-refractivity contribution >= 4 is 5.97 Å². The van der Waals surface area contributed by atoms with Crippen LogP contribution < -0.4 is 10.5 Å². The quantitative estimate of drug-likeness (QED) is 0.561. The summed E-state index contributed by atoms with van der Waals surface area (Å²) in [5, 5.41) is 0. The fourth-order valence-corrected chi connectivity index (χ4v) is 2.53. The van der Waals surface area contributed by atoms with Gasteiger partial charge in [-0.2, -0.15) is 0 Å². The number of carbonyl (C=O) groups is 1. The Morgan fingerprint density at radius 2 is 2.05 bits per heavy atom.